The lowest BCUT2D eigenvalue weighted by Crippen LogP contribution is -2.15. The fourth-order valence-corrected chi connectivity index (χ4v) is 2.60. The minimum Gasteiger partial charge on any atom is -0.322 e. The van der Waals surface area contributed by atoms with Crippen LogP contribution in [0.25, 0.3) is 0 Å². The normalized spacial score (nSPS) is 11.1. The molecule has 2 aromatic rings. The first kappa shape index (κ1) is 14.2. The first-order valence-corrected chi connectivity index (χ1v) is 7.42. The molecule has 0 aromatic heterocycles. The molecule has 0 atom stereocenters. The number of sulfonamides is 1. The average Bonchev–Trinajstić information content (AvgIpc) is 2.38. The van der Waals surface area contributed by atoms with Crippen LogP contribution < -0.4 is 10.5 Å². The number of primary sulfonamides is 1. The maximum atomic E-state index is 12.0. The van der Waals surface area contributed by atoms with Crippen LogP contribution in [0.2, 0.25) is 0 Å². The van der Waals surface area contributed by atoms with Crippen LogP contribution in [0.1, 0.15) is 15.9 Å². The second-order valence-electron chi connectivity index (χ2n) is 4.35. The topological polar surface area (TPSA) is 89.3 Å². The Bertz CT molecular complexity index is 740. The average molecular weight is 290 g/mol. The summed E-state index contributed by atoms with van der Waals surface area (Å²) in [5.74, 6) is -0.256. The fraction of sp³-hybridized carbons (Fsp3) is 0.0714. The number of carbonyl (C=O) groups is 1. The van der Waals surface area contributed by atoms with E-state index in [0.717, 1.165) is 0 Å². The standard InChI is InChI=1S/C14H14N2O3S/c1-10-9-12(7-8-13(10)20(15,18)19)16-14(17)11-5-3-2-4-6-11/h2-9H,1H3,(H,16,17)(H2,15,18,19). The highest BCUT2D eigenvalue weighted by atomic mass is 32.2. The molecule has 0 unspecified atom stereocenters. The maximum absolute atomic E-state index is 12.0. The summed E-state index contributed by atoms with van der Waals surface area (Å²) in [6, 6.07) is 13.2. The van der Waals surface area contributed by atoms with Gasteiger partial charge in [-0.05, 0) is 42.8 Å². The van der Waals surface area contributed by atoms with E-state index in [9.17, 15) is 13.2 Å². The van der Waals surface area contributed by atoms with Gasteiger partial charge in [0.2, 0.25) is 10.0 Å². The molecule has 0 saturated heterocycles. The summed E-state index contributed by atoms with van der Waals surface area (Å²) in [7, 11) is -3.74. The summed E-state index contributed by atoms with van der Waals surface area (Å²) >= 11 is 0. The molecule has 6 heteroatoms. The molecule has 2 rings (SSSR count). The summed E-state index contributed by atoms with van der Waals surface area (Å²) in [5.41, 5.74) is 1.53. The van der Waals surface area contributed by atoms with Crippen LogP contribution in [0.5, 0.6) is 0 Å². The minimum atomic E-state index is -3.74. The predicted octanol–water partition coefficient (Wildman–Crippen LogP) is 1.89. The number of carbonyl (C=O) groups excluding carboxylic acids is 1. The van der Waals surface area contributed by atoms with Crippen molar-refractivity contribution in [3.05, 3.63) is 59.7 Å². The van der Waals surface area contributed by atoms with Gasteiger partial charge in [0.05, 0.1) is 4.90 Å². The molecule has 0 bridgehead atoms. The van der Waals surface area contributed by atoms with Crippen LogP contribution in [0.3, 0.4) is 0 Å². The predicted molar refractivity (Wildman–Crippen MR) is 76.9 cm³/mol. The van der Waals surface area contributed by atoms with E-state index >= 15 is 0 Å². The van der Waals surface area contributed by atoms with E-state index in [2.05, 4.69) is 5.32 Å². The molecule has 0 aliphatic carbocycles. The Kier molecular flexibility index (Phi) is 3.87. The number of benzene rings is 2. The lowest BCUT2D eigenvalue weighted by molar-refractivity contribution is 0.102. The third-order valence-corrected chi connectivity index (χ3v) is 3.85. The summed E-state index contributed by atoms with van der Waals surface area (Å²) in [5, 5.41) is 7.79. The van der Waals surface area contributed by atoms with Gasteiger partial charge in [-0.2, -0.15) is 0 Å². The quantitative estimate of drug-likeness (QED) is 0.904. The maximum Gasteiger partial charge on any atom is 0.255 e. The molecule has 0 radical (unpaired) electrons. The molecule has 0 heterocycles. The van der Waals surface area contributed by atoms with Crippen molar-refractivity contribution in [3.63, 3.8) is 0 Å². The van der Waals surface area contributed by atoms with Gasteiger partial charge in [-0.15, -0.1) is 0 Å². The number of anilines is 1. The largest absolute Gasteiger partial charge is 0.322 e. The van der Waals surface area contributed by atoms with Crippen molar-refractivity contribution < 1.29 is 13.2 Å². The van der Waals surface area contributed by atoms with Gasteiger partial charge in [0, 0.05) is 11.3 Å². The van der Waals surface area contributed by atoms with Crippen molar-refractivity contribution in [2.24, 2.45) is 5.14 Å². The Balaban J connectivity index is 2.24. The summed E-state index contributed by atoms with van der Waals surface area (Å²) in [6.07, 6.45) is 0. The van der Waals surface area contributed by atoms with Crippen molar-refractivity contribution in [3.8, 4) is 0 Å². The van der Waals surface area contributed by atoms with Gasteiger partial charge in [0.1, 0.15) is 0 Å². The van der Waals surface area contributed by atoms with E-state index in [1.165, 1.54) is 12.1 Å². The van der Waals surface area contributed by atoms with Crippen molar-refractivity contribution in [2.75, 3.05) is 5.32 Å². The van der Waals surface area contributed by atoms with E-state index < -0.39 is 10.0 Å². The van der Waals surface area contributed by atoms with Gasteiger partial charge in [0.15, 0.2) is 0 Å². The molecule has 2 aromatic carbocycles. The van der Waals surface area contributed by atoms with E-state index in [-0.39, 0.29) is 10.8 Å². The molecule has 20 heavy (non-hydrogen) atoms. The number of hydrogen-bond acceptors (Lipinski definition) is 3. The molecule has 5 nitrogen and oxygen atoms in total. The molecule has 0 spiro atoms. The molecule has 0 saturated carbocycles. The molecule has 0 fully saturated rings. The molecule has 0 aliphatic rings. The van der Waals surface area contributed by atoms with Crippen LogP contribution >= 0.6 is 0 Å². The van der Waals surface area contributed by atoms with E-state index in [4.69, 9.17) is 5.14 Å². The first-order chi connectivity index (χ1) is 9.38. The Morgan fingerprint density at radius 3 is 2.30 bits per heavy atom. The number of nitrogens with two attached hydrogens (primary N) is 1. The molecule has 1 amide bonds. The first-order valence-electron chi connectivity index (χ1n) is 5.88. The van der Waals surface area contributed by atoms with Gasteiger partial charge in [0.25, 0.3) is 5.91 Å². The van der Waals surface area contributed by atoms with Gasteiger partial charge < -0.3 is 5.32 Å². The van der Waals surface area contributed by atoms with Gasteiger partial charge >= 0.3 is 0 Å². The fourth-order valence-electron chi connectivity index (χ4n) is 1.84. The molecule has 0 aliphatic heterocycles. The van der Waals surface area contributed by atoms with Crippen LogP contribution in [0, 0.1) is 6.92 Å². The van der Waals surface area contributed by atoms with E-state index in [0.29, 0.717) is 16.8 Å². The Morgan fingerprint density at radius 2 is 1.75 bits per heavy atom. The van der Waals surface area contributed by atoms with Crippen molar-refractivity contribution in [2.45, 2.75) is 11.8 Å². The highest BCUT2D eigenvalue weighted by molar-refractivity contribution is 7.89. The number of rotatable bonds is 3. The second-order valence-corrected chi connectivity index (χ2v) is 5.88. The number of amides is 1. The molecular weight excluding hydrogens is 276 g/mol. The van der Waals surface area contributed by atoms with E-state index in [1.807, 2.05) is 6.07 Å². The van der Waals surface area contributed by atoms with Crippen molar-refractivity contribution in [1.82, 2.24) is 0 Å². The van der Waals surface area contributed by atoms with Gasteiger partial charge in [-0.3, -0.25) is 4.79 Å². The Labute approximate surface area is 117 Å². The van der Waals surface area contributed by atoms with Crippen LogP contribution in [0.15, 0.2) is 53.4 Å². The lowest BCUT2D eigenvalue weighted by atomic mass is 10.2. The monoisotopic (exact) mass is 290 g/mol. The zero-order chi connectivity index (χ0) is 14.8. The van der Waals surface area contributed by atoms with Crippen LogP contribution in [0.4, 0.5) is 5.69 Å². The number of hydrogen-bond donors (Lipinski definition) is 2. The second kappa shape index (κ2) is 5.44. The SMILES string of the molecule is Cc1cc(NC(=O)c2ccccc2)ccc1S(N)(=O)=O. The lowest BCUT2D eigenvalue weighted by Gasteiger charge is -2.08. The molecule has 104 valence electrons. The summed E-state index contributed by atoms with van der Waals surface area (Å²) < 4.78 is 22.6. The summed E-state index contributed by atoms with van der Waals surface area (Å²) in [4.78, 5) is 12.0. The zero-order valence-corrected chi connectivity index (χ0v) is 11.6. The third kappa shape index (κ3) is 3.23. The van der Waals surface area contributed by atoms with Gasteiger partial charge in [-0.1, -0.05) is 18.2 Å². The molecule has 3 N–H and O–H groups in total. The van der Waals surface area contributed by atoms with Gasteiger partial charge in [-0.25, -0.2) is 13.6 Å². The van der Waals surface area contributed by atoms with E-state index in [1.54, 1.807) is 37.3 Å². The van der Waals surface area contributed by atoms with Crippen molar-refractivity contribution >= 4 is 21.6 Å². The third-order valence-electron chi connectivity index (χ3n) is 2.78. The zero-order valence-electron chi connectivity index (χ0n) is 10.8. The Morgan fingerprint density at radius 1 is 1.10 bits per heavy atom. The minimum absolute atomic E-state index is 0.0511. The van der Waals surface area contributed by atoms with Crippen LogP contribution in [-0.2, 0) is 10.0 Å². The van der Waals surface area contributed by atoms with Crippen molar-refractivity contribution in [1.29, 1.82) is 0 Å². The van der Waals surface area contributed by atoms with Crippen LogP contribution in [-0.4, -0.2) is 14.3 Å². The highest BCUT2D eigenvalue weighted by Gasteiger charge is 2.12. The number of aryl methyl sites for hydroxylation is 1. The Hall–Kier alpha value is -2.18. The number of nitrogens with one attached hydrogen (secondary N) is 1. The smallest absolute Gasteiger partial charge is 0.255 e. The highest BCUT2D eigenvalue weighted by Crippen LogP contribution is 2.19. The molecular formula is C14H14N2O3S. The summed E-state index contributed by atoms with van der Waals surface area (Å²) in [6.45, 7) is 1.62.